The number of nitrogens with two attached hydrogens (primary N) is 1. The lowest BCUT2D eigenvalue weighted by molar-refractivity contribution is 0.0957. The lowest BCUT2D eigenvalue weighted by Crippen LogP contribution is -2.29. The smallest absolute Gasteiger partial charge is 0.277 e. The number of hydrazine groups is 1. The number of hydrogen-bond donors (Lipinski definition) is 2. The number of benzene rings is 1. The quantitative estimate of drug-likeness (QED) is 0.508. The number of carbonyl (C=O) groups is 1. The number of nitrogens with one attached hydrogen (secondary N) is 1. The molecule has 5 nitrogen and oxygen atoms in total. The van der Waals surface area contributed by atoms with Gasteiger partial charge in [-0.25, -0.2) is 10.8 Å². The highest BCUT2D eigenvalue weighted by Crippen LogP contribution is 2.21. The zero-order valence-corrected chi connectivity index (χ0v) is 11.6. The van der Waals surface area contributed by atoms with Crippen LogP contribution in [-0.4, -0.2) is 10.9 Å². The number of nitrogens with zero attached hydrogens (tertiary/aromatic N) is 1. The first-order valence-electron chi connectivity index (χ1n) is 5.77. The van der Waals surface area contributed by atoms with Crippen LogP contribution >= 0.6 is 11.3 Å². The molecule has 0 saturated carbocycles. The predicted molar refractivity (Wildman–Crippen MR) is 74.0 cm³/mol. The summed E-state index contributed by atoms with van der Waals surface area (Å²) in [5.74, 6) is 5.61. The van der Waals surface area contributed by atoms with Crippen molar-refractivity contribution in [2.24, 2.45) is 5.84 Å². The van der Waals surface area contributed by atoms with Crippen LogP contribution < -0.4 is 16.0 Å². The number of carbonyl (C=O) groups excluding carboxylic acids is 1. The Morgan fingerprint density at radius 2 is 2.16 bits per heavy atom. The van der Waals surface area contributed by atoms with Gasteiger partial charge in [0.25, 0.3) is 5.91 Å². The molecule has 6 heteroatoms. The summed E-state index contributed by atoms with van der Waals surface area (Å²) in [6, 6.07) is 7.77. The van der Waals surface area contributed by atoms with Crippen LogP contribution in [0.1, 0.15) is 25.9 Å². The van der Waals surface area contributed by atoms with Crippen LogP contribution in [0.25, 0.3) is 0 Å². The van der Waals surface area contributed by atoms with Crippen LogP contribution in [0, 0.1) is 13.8 Å². The lowest BCUT2D eigenvalue weighted by atomic mass is 10.2. The third-order valence-corrected chi connectivity index (χ3v) is 3.75. The molecule has 0 aliphatic carbocycles. The van der Waals surface area contributed by atoms with E-state index in [1.54, 1.807) is 6.92 Å². The lowest BCUT2D eigenvalue weighted by Gasteiger charge is -2.06. The van der Waals surface area contributed by atoms with Crippen molar-refractivity contribution in [3.05, 3.63) is 45.4 Å². The molecule has 1 aromatic heterocycles. The second kappa shape index (κ2) is 5.81. The van der Waals surface area contributed by atoms with Gasteiger partial charge in [0.1, 0.15) is 22.2 Å². The number of aromatic nitrogens is 1. The van der Waals surface area contributed by atoms with Crippen LogP contribution in [0.5, 0.6) is 5.75 Å². The van der Waals surface area contributed by atoms with Gasteiger partial charge >= 0.3 is 0 Å². The van der Waals surface area contributed by atoms with Crippen LogP contribution in [0.2, 0.25) is 0 Å². The SMILES string of the molecule is Cc1ccccc1OCc1nc(C)c(C(=O)NN)s1. The van der Waals surface area contributed by atoms with Gasteiger partial charge in [0.2, 0.25) is 0 Å². The van der Waals surface area contributed by atoms with Crippen molar-refractivity contribution in [1.29, 1.82) is 0 Å². The highest BCUT2D eigenvalue weighted by atomic mass is 32.1. The average molecular weight is 277 g/mol. The molecule has 0 saturated heterocycles. The number of thiazole rings is 1. The highest BCUT2D eigenvalue weighted by molar-refractivity contribution is 7.13. The second-order valence-corrected chi connectivity index (χ2v) is 5.13. The molecule has 0 fully saturated rings. The summed E-state index contributed by atoms with van der Waals surface area (Å²) in [5.41, 5.74) is 3.84. The zero-order valence-electron chi connectivity index (χ0n) is 10.8. The number of nitrogen functional groups attached to an aromatic ring is 1. The van der Waals surface area contributed by atoms with Crippen molar-refractivity contribution < 1.29 is 9.53 Å². The summed E-state index contributed by atoms with van der Waals surface area (Å²) in [6.07, 6.45) is 0. The third kappa shape index (κ3) is 3.10. The Labute approximate surface area is 115 Å². The van der Waals surface area contributed by atoms with E-state index in [4.69, 9.17) is 10.6 Å². The fourth-order valence-electron chi connectivity index (χ4n) is 1.65. The minimum atomic E-state index is -0.322. The molecule has 0 aliphatic rings. The Morgan fingerprint density at radius 3 is 2.84 bits per heavy atom. The highest BCUT2D eigenvalue weighted by Gasteiger charge is 2.14. The Morgan fingerprint density at radius 1 is 1.42 bits per heavy atom. The normalized spacial score (nSPS) is 10.3. The molecule has 0 spiro atoms. The van der Waals surface area contributed by atoms with Gasteiger partial charge in [0, 0.05) is 0 Å². The van der Waals surface area contributed by atoms with E-state index >= 15 is 0 Å². The molecular weight excluding hydrogens is 262 g/mol. The van der Waals surface area contributed by atoms with E-state index in [1.807, 2.05) is 31.2 Å². The van der Waals surface area contributed by atoms with E-state index in [0.717, 1.165) is 16.3 Å². The van der Waals surface area contributed by atoms with Crippen LogP contribution in [-0.2, 0) is 6.61 Å². The second-order valence-electron chi connectivity index (χ2n) is 4.05. The van der Waals surface area contributed by atoms with E-state index in [2.05, 4.69) is 10.4 Å². The minimum absolute atomic E-state index is 0.322. The fraction of sp³-hybridized carbons (Fsp3) is 0.231. The maximum atomic E-state index is 11.5. The predicted octanol–water partition coefficient (Wildman–Crippen LogP) is 1.94. The Bertz CT molecular complexity index is 595. The van der Waals surface area contributed by atoms with Crippen molar-refractivity contribution in [1.82, 2.24) is 10.4 Å². The van der Waals surface area contributed by atoms with Gasteiger partial charge in [-0.05, 0) is 25.5 Å². The largest absolute Gasteiger partial charge is 0.486 e. The summed E-state index contributed by atoms with van der Waals surface area (Å²) in [4.78, 5) is 16.3. The summed E-state index contributed by atoms with van der Waals surface area (Å²) in [7, 11) is 0. The van der Waals surface area contributed by atoms with Gasteiger partial charge in [-0.1, -0.05) is 18.2 Å². The van der Waals surface area contributed by atoms with Gasteiger partial charge in [-0.3, -0.25) is 10.2 Å². The van der Waals surface area contributed by atoms with Crippen molar-refractivity contribution >= 4 is 17.2 Å². The fourth-order valence-corrected chi connectivity index (χ4v) is 2.53. The number of hydrogen-bond acceptors (Lipinski definition) is 5. The molecule has 0 bridgehead atoms. The van der Waals surface area contributed by atoms with E-state index in [9.17, 15) is 4.79 Å². The van der Waals surface area contributed by atoms with E-state index in [1.165, 1.54) is 11.3 Å². The van der Waals surface area contributed by atoms with E-state index in [0.29, 0.717) is 17.2 Å². The summed E-state index contributed by atoms with van der Waals surface area (Å²) in [5, 5.41) is 0.749. The summed E-state index contributed by atoms with van der Waals surface area (Å²) in [6.45, 7) is 4.10. The van der Waals surface area contributed by atoms with Gasteiger partial charge in [-0.15, -0.1) is 11.3 Å². The van der Waals surface area contributed by atoms with Crippen LogP contribution in [0.3, 0.4) is 0 Å². The third-order valence-electron chi connectivity index (χ3n) is 2.62. The monoisotopic (exact) mass is 277 g/mol. The van der Waals surface area contributed by atoms with E-state index in [-0.39, 0.29) is 5.91 Å². The molecule has 0 aliphatic heterocycles. The standard InChI is InChI=1S/C13H15N3O2S/c1-8-5-3-4-6-10(8)18-7-11-15-9(2)12(19-11)13(17)16-14/h3-6H,7,14H2,1-2H3,(H,16,17). The van der Waals surface area contributed by atoms with Gasteiger partial charge in [0.05, 0.1) is 5.69 Å². The van der Waals surface area contributed by atoms with Crippen molar-refractivity contribution in [2.45, 2.75) is 20.5 Å². The first kappa shape index (κ1) is 13.5. The minimum Gasteiger partial charge on any atom is -0.486 e. The van der Waals surface area contributed by atoms with Crippen LogP contribution in [0.15, 0.2) is 24.3 Å². The van der Waals surface area contributed by atoms with Gasteiger partial charge < -0.3 is 4.74 Å². The Hall–Kier alpha value is -1.92. The molecule has 1 aromatic carbocycles. The summed E-state index contributed by atoms with van der Waals surface area (Å²) < 4.78 is 5.69. The number of para-hydroxylation sites is 1. The topological polar surface area (TPSA) is 77.2 Å². The molecule has 0 atom stereocenters. The number of rotatable bonds is 4. The van der Waals surface area contributed by atoms with Crippen molar-refractivity contribution in [3.8, 4) is 5.75 Å². The van der Waals surface area contributed by atoms with Crippen molar-refractivity contribution in [2.75, 3.05) is 0 Å². The molecule has 19 heavy (non-hydrogen) atoms. The Balaban J connectivity index is 2.09. The Kier molecular flexibility index (Phi) is 4.13. The van der Waals surface area contributed by atoms with Crippen LogP contribution in [0.4, 0.5) is 0 Å². The maximum Gasteiger partial charge on any atom is 0.277 e. The zero-order chi connectivity index (χ0) is 13.8. The number of ether oxygens (including phenoxy) is 1. The molecule has 2 rings (SSSR count). The molecule has 1 amide bonds. The number of amides is 1. The molecule has 0 radical (unpaired) electrons. The molecule has 100 valence electrons. The van der Waals surface area contributed by atoms with Gasteiger partial charge in [-0.2, -0.15) is 0 Å². The van der Waals surface area contributed by atoms with Gasteiger partial charge in [0.15, 0.2) is 0 Å². The molecule has 0 unspecified atom stereocenters. The number of aryl methyl sites for hydroxylation is 2. The maximum absolute atomic E-state index is 11.5. The van der Waals surface area contributed by atoms with Crippen molar-refractivity contribution in [3.63, 3.8) is 0 Å². The molecule has 2 aromatic rings. The molecular formula is C13H15N3O2S. The first-order valence-corrected chi connectivity index (χ1v) is 6.59. The first-order chi connectivity index (χ1) is 9.11. The average Bonchev–Trinajstić information content (AvgIpc) is 2.78. The summed E-state index contributed by atoms with van der Waals surface area (Å²) >= 11 is 1.29. The molecule has 3 N–H and O–H groups in total. The molecule has 1 heterocycles. The van der Waals surface area contributed by atoms with E-state index < -0.39 is 0 Å².